The number of amides is 2. The van der Waals surface area contributed by atoms with Gasteiger partial charge in [-0.1, -0.05) is 6.07 Å². The predicted octanol–water partition coefficient (Wildman–Crippen LogP) is -0.154. The monoisotopic (exact) mass is 453 g/mol. The van der Waals surface area contributed by atoms with Crippen molar-refractivity contribution in [2.24, 2.45) is 11.7 Å². The van der Waals surface area contributed by atoms with E-state index in [0.717, 1.165) is 6.08 Å². The number of Topliss-reactive ketones (excluding diaryl/α,β-unsaturated/α-hetero) is 2. The molecule has 0 saturated carbocycles. The van der Waals surface area contributed by atoms with Crippen LogP contribution in [0, 0.1) is 5.92 Å². The molecule has 2 amide bonds. The largest absolute Gasteiger partial charge is 0.511 e. The fourth-order valence-electron chi connectivity index (χ4n) is 4.13. The number of benzene rings is 2. The molecule has 11 heteroatoms. The maximum atomic E-state index is 13.3. The Bertz CT molecular complexity index is 1340. The van der Waals surface area contributed by atoms with Crippen molar-refractivity contribution >= 4 is 45.9 Å². The van der Waals surface area contributed by atoms with Gasteiger partial charge in [0.15, 0.2) is 17.5 Å². The summed E-state index contributed by atoms with van der Waals surface area (Å²) >= 11 is 0. The summed E-state index contributed by atoms with van der Waals surface area (Å²) in [7, 11) is 1.56. The van der Waals surface area contributed by atoms with Crippen molar-refractivity contribution in [3.63, 3.8) is 0 Å². The first kappa shape index (κ1) is 22.0. The number of hydrogen-bond acceptors (Lipinski definition) is 9. The highest BCUT2D eigenvalue weighted by Gasteiger charge is 2.57. The van der Waals surface area contributed by atoms with Crippen LogP contribution >= 0.6 is 0 Å². The molecule has 11 nitrogen and oxygen atoms in total. The van der Waals surface area contributed by atoms with Gasteiger partial charge in [0.25, 0.3) is 0 Å². The Kier molecular flexibility index (Phi) is 4.95. The molecule has 2 aliphatic rings. The fraction of sp³-hybridized carbons (Fsp3) is 0.182. The Hall–Kier alpha value is -4.22. The summed E-state index contributed by atoms with van der Waals surface area (Å²) in [6.07, 6.45) is 2.12. The Morgan fingerprint density at radius 3 is 2.45 bits per heavy atom. The van der Waals surface area contributed by atoms with Crippen LogP contribution in [0.25, 0.3) is 16.8 Å². The molecule has 0 spiro atoms. The van der Waals surface area contributed by atoms with E-state index in [1.807, 2.05) is 0 Å². The zero-order chi connectivity index (χ0) is 24.2. The number of aliphatic hydroxyl groups excluding tert-OH is 1. The van der Waals surface area contributed by atoms with E-state index in [-0.39, 0.29) is 34.1 Å². The second-order valence-corrected chi connectivity index (χ2v) is 7.74. The SMILES string of the molecule is CNCC(=O)Nc1ccc2cc3c(c(O)c2c1O)C(=O)C1(O)C(=O)C(C(N)=O)C(O)=CC1=C3. The summed E-state index contributed by atoms with van der Waals surface area (Å²) in [4.78, 5) is 49.6. The number of aromatic hydroxyl groups is 2. The maximum absolute atomic E-state index is 13.3. The van der Waals surface area contributed by atoms with E-state index >= 15 is 0 Å². The third-order valence-corrected chi connectivity index (χ3v) is 5.68. The van der Waals surface area contributed by atoms with E-state index in [2.05, 4.69) is 10.6 Å². The predicted molar refractivity (Wildman–Crippen MR) is 115 cm³/mol. The minimum atomic E-state index is -2.88. The van der Waals surface area contributed by atoms with Crippen LogP contribution in [0.4, 0.5) is 5.69 Å². The van der Waals surface area contributed by atoms with Gasteiger partial charge in [0, 0.05) is 5.57 Å². The number of nitrogens with two attached hydrogens (primary N) is 1. The van der Waals surface area contributed by atoms with Gasteiger partial charge < -0.3 is 36.8 Å². The lowest BCUT2D eigenvalue weighted by molar-refractivity contribution is -0.140. The summed E-state index contributed by atoms with van der Waals surface area (Å²) in [5, 5.41) is 47.9. The first-order valence-electron chi connectivity index (χ1n) is 9.72. The van der Waals surface area contributed by atoms with Gasteiger partial charge in [-0.25, -0.2) is 0 Å². The smallest absolute Gasteiger partial charge is 0.238 e. The number of hydrogen-bond donors (Lipinski definition) is 7. The van der Waals surface area contributed by atoms with Crippen molar-refractivity contribution in [3.05, 3.63) is 46.7 Å². The average molecular weight is 453 g/mol. The van der Waals surface area contributed by atoms with Crippen molar-refractivity contribution < 1.29 is 39.6 Å². The molecule has 0 fully saturated rings. The Balaban J connectivity index is 1.94. The van der Waals surface area contributed by atoms with E-state index in [4.69, 9.17) is 5.73 Å². The van der Waals surface area contributed by atoms with Crippen LogP contribution in [0.5, 0.6) is 11.5 Å². The van der Waals surface area contributed by atoms with E-state index in [1.165, 1.54) is 24.3 Å². The molecule has 2 aromatic carbocycles. The van der Waals surface area contributed by atoms with E-state index in [0.29, 0.717) is 0 Å². The fourth-order valence-corrected chi connectivity index (χ4v) is 4.13. The molecule has 2 aliphatic carbocycles. The third-order valence-electron chi connectivity index (χ3n) is 5.68. The second-order valence-electron chi connectivity index (χ2n) is 7.74. The number of anilines is 1. The van der Waals surface area contributed by atoms with Crippen LogP contribution in [0.2, 0.25) is 0 Å². The van der Waals surface area contributed by atoms with E-state index in [9.17, 15) is 39.6 Å². The van der Waals surface area contributed by atoms with Gasteiger partial charge >= 0.3 is 0 Å². The lowest BCUT2D eigenvalue weighted by atomic mass is 9.68. The first-order chi connectivity index (χ1) is 15.5. The van der Waals surface area contributed by atoms with Crippen LogP contribution in [0.3, 0.4) is 0 Å². The van der Waals surface area contributed by atoms with Crippen molar-refractivity contribution in [2.45, 2.75) is 5.60 Å². The number of carbonyl (C=O) groups is 4. The molecule has 0 heterocycles. The molecular weight excluding hydrogens is 434 g/mol. The number of fused-ring (bicyclic) bond motifs is 3. The quantitative estimate of drug-likeness (QED) is 0.243. The lowest BCUT2D eigenvalue weighted by Gasteiger charge is -2.36. The average Bonchev–Trinajstić information content (AvgIpc) is 2.72. The van der Waals surface area contributed by atoms with Gasteiger partial charge in [0.1, 0.15) is 11.5 Å². The number of carbonyl (C=O) groups excluding carboxylic acids is 4. The first-order valence-corrected chi connectivity index (χ1v) is 9.72. The van der Waals surface area contributed by atoms with Gasteiger partial charge in [-0.05, 0) is 42.3 Å². The Labute approximate surface area is 185 Å². The number of rotatable bonds is 4. The highest BCUT2D eigenvalue weighted by molar-refractivity contribution is 6.30. The number of phenols is 2. The standard InChI is InChI=1S/C22H19N3O8/c1-24-7-13(27)25-11-3-2-8-4-9-5-10-6-12(26)16(21(23)32)20(31)22(10,33)19(30)15(9)18(29)14(8)17(11)28/h2-6,16,24,26,28-29,33H,7H2,1H3,(H2,23,32)(H,25,27). The lowest BCUT2D eigenvalue weighted by Crippen LogP contribution is -2.56. The Morgan fingerprint density at radius 1 is 1.12 bits per heavy atom. The summed E-state index contributed by atoms with van der Waals surface area (Å²) < 4.78 is 0. The minimum absolute atomic E-state index is 0.0356. The number of primary amides is 1. The highest BCUT2D eigenvalue weighted by atomic mass is 16.3. The molecule has 8 N–H and O–H groups in total. The molecule has 0 aliphatic heterocycles. The van der Waals surface area contributed by atoms with Crippen LogP contribution in [-0.2, 0) is 14.4 Å². The van der Waals surface area contributed by atoms with Gasteiger partial charge in [-0.2, -0.15) is 0 Å². The summed E-state index contributed by atoms with van der Waals surface area (Å²) in [5.41, 5.74) is 1.57. The molecular formula is C22H19N3O8. The van der Waals surface area contributed by atoms with E-state index < -0.39 is 57.7 Å². The molecule has 2 atom stereocenters. The molecule has 0 saturated heterocycles. The van der Waals surface area contributed by atoms with Crippen LogP contribution in [0.15, 0.2) is 35.6 Å². The van der Waals surface area contributed by atoms with Gasteiger partial charge in [-0.3, -0.25) is 19.2 Å². The number of ketones is 2. The minimum Gasteiger partial charge on any atom is -0.511 e. The maximum Gasteiger partial charge on any atom is 0.238 e. The number of aliphatic hydroxyl groups is 2. The molecule has 0 radical (unpaired) electrons. The molecule has 170 valence electrons. The zero-order valence-electron chi connectivity index (χ0n) is 17.2. The number of nitrogens with one attached hydrogen (secondary N) is 2. The van der Waals surface area contributed by atoms with Crippen LogP contribution in [-0.4, -0.2) is 63.0 Å². The summed E-state index contributed by atoms with van der Waals surface area (Å²) in [5.74, 6) is -8.27. The van der Waals surface area contributed by atoms with Gasteiger partial charge in [0.05, 0.1) is 23.2 Å². The molecule has 0 aromatic heterocycles. The molecule has 4 rings (SSSR count). The number of phenolic OH excluding ortho intramolecular Hbond substituents is 2. The topological polar surface area (TPSA) is 199 Å². The molecule has 33 heavy (non-hydrogen) atoms. The summed E-state index contributed by atoms with van der Waals surface area (Å²) in [6.45, 7) is -0.0454. The Morgan fingerprint density at radius 2 is 1.82 bits per heavy atom. The normalized spacial score (nSPS) is 21.7. The summed E-state index contributed by atoms with van der Waals surface area (Å²) in [6, 6.07) is 4.30. The highest BCUT2D eigenvalue weighted by Crippen LogP contribution is 2.47. The van der Waals surface area contributed by atoms with Gasteiger partial charge in [-0.15, -0.1) is 0 Å². The van der Waals surface area contributed by atoms with Gasteiger partial charge in [0.2, 0.25) is 23.2 Å². The third kappa shape index (κ3) is 3.05. The molecule has 2 unspecified atom stereocenters. The molecule has 0 bridgehead atoms. The van der Waals surface area contributed by atoms with Crippen molar-refractivity contribution in [1.82, 2.24) is 5.32 Å². The van der Waals surface area contributed by atoms with Crippen LogP contribution in [0.1, 0.15) is 15.9 Å². The number of likely N-dealkylation sites (N-methyl/N-ethyl adjacent to an activating group) is 1. The van der Waals surface area contributed by atoms with Crippen molar-refractivity contribution in [2.75, 3.05) is 18.9 Å². The molecule has 2 aromatic rings. The van der Waals surface area contributed by atoms with Crippen LogP contribution < -0.4 is 16.4 Å². The van der Waals surface area contributed by atoms with E-state index in [1.54, 1.807) is 7.05 Å². The van der Waals surface area contributed by atoms with Crippen molar-refractivity contribution in [3.8, 4) is 11.5 Å². The zero-order valence-corrected chi connectivity index (χ0v) is 17.2. The van der Waals surface area contributed by atoms with Crippen molar-refractivity contribution in [1.29, 1.82) is 0 Å². The second kappa shape index (κ2) is 7.43.